The minimum atomic E-state index is -1.17. The van der Waals surface area contributed by atoms with Crippen molar-refractivity contribution in [3.8, 4) is 0 Å². The molecule has 1 heterocycles. The van der Waals surface area contributed by atoms with Crippen molar-refractivity contribution in [1.82, 2.24) is 5.32 Å². The Hall–Kier alpha value is -1.59. The van der Waals surface area contributed by atoms with Gasteiger partial charge in [-0.15, -0.1) is 0 Å². The predicted molar refractivity (Wildman–Crippen MR) is 91.7 cm³/mol. The molecule has 1 unspecified atom stereocenters. The molecule has 120 valence electrons. The van der Waals surface area contributed by atoms with Gasteiger partial charge in [-0.3, -0.25) is 15.5 Å². The Morgan fingerprint density at radius 2 is 2.14 bits per heavy atom. The Morgan fingerprint density at radius 3 is 2.91 bits per heavy atom. The average Bonchev–Trinajstić information content (AvgIpc) is 2.46. The molecule has 1 aromatic rings. The quantitative estimate of drug-likeness (QED) is 0.530. The summed E-state index contributed by atoms with van der Waals surface area (Å²) >= 11 is 5.97. The molecule has 5 nitrogen and oxygen atoms in total. The lowest BCUT2D eigenvalue weighted by atomic mass is 10.1. The van der Waals surface area contributed by atoms with Crippen molar-refractivity contribution in [2.75, 3.05) is 5.32 Å². The van der Waals surface area contributed by atoms with E-state index in [1.54, 1.807) is 18.2 Å². The van der Waals surface area contributed by atoms with Crippen molar-refractivity contribution in [3.05, 3.63) is 23.2 Å². The fourth-order valence-electron chi connectivity index (χ4n) is 2.39. The maximum atomic E-state index is 12.0. The number of rotatable bonds is 7. The van der Waals surface area contributed by atoms with Crippen LogP contribution in [-0.2, 0) is 4.79 Å². The van der Waals surface area contributed by atoms with Gasteiger partial charge in [-0.1, -0.05) is 44.2 Å². The van der Waals surface area contributed by atoms with Crippen LogP contribution in [0.5, 0.6) is 0 Å². The summed E-state index contributed by atoms with van der Waals surface area (Å²) in [4.78, 5) is 16.3. The number of nitrogens with one attached hydrogen (secondary N) is 2. The summed E-state index contributed by atoms with van der Waals surface area (Å²) in [6, 6.07) is 5.31. The maximum Gasteiger partial charge on any atom is 0.223 e. The highest BCUT2D eigenvalue weighted by Crippen LogP contribution is 2.31. The van der Waals surface area contributed by atoms with Crippen molar-refractivity contribution in [3.63, 3.8) is 0 Å². The highest BCUT2D eigenvalue weighted by atomic mass is 35.5. The molecule has 1 aromatic carbocycles. The fourth-order valence-corrected chi connectivity index (χ4v) is 2.57. The highest BCUT2D eigenvalue weighted by Gasteiger charge is 2.28. The van der Waals surface area contributed by atoms with Crippen LogP contribution in [0, 0.1) is 0 Å². The number of nitrogens with zero attached hydrogens (tertiary/aromatic N) is 1. The van der Waals surface area contributed by atoms with Gasteiger partial charge in [0.05, 0.1) is 17.6 Å². The van der Waals surface area contributed by atoms with Gasteiger partial charge in [0, 0.05) is 11.4 Å². The molecular weight excluding hydrogens is 300 g/mol. The van der Waals surface area contributed by atoms with Gasteiger partial charge in [-0.25, -0.2) is 0 Å². The van der Waals surface area contributed by atoms with E-state index in [0.29, 0.717) is 17.1 Å². The second kappa shape index (κ2) is 7.61. The topological polar surface area (TPSA) is 79.5 Å². The molecule has 1 aliphatic heterocycles. The third-order valence-electron chi connectivity index (χ3n) is 3.56. The van der Waals surface area contributed by atoms with Gasteiger partial charge >= 0.3 is 0 Å². The number of carbonyl (C=O) groups is 1. The van der Waals surface area contributed by atoms with Crippen LogP contribution in [0.4, 0.5) is 11.4 Å². The smallest absolute Gasteiger partial charge is 0.223 e. The van der Waals surface area contributed by atoms with Gasteiger partial charge in [0.1, 0.15) is 0 Å². The molecule has 1 aliphatic rings. The van der Waals surface area contributed by atoms with E-state index < -0.39 is 5.79 Å². The Bertz CT molecular complexity index is 561. The van der Waals surface area contributed by atoms with Gasteiger partial charge in [-0.05, 0) is 24.6 Å². The standard InChI is InChI=1S/C16H23ClN4O/c1-2-3-4-5-6-7-15(22)21-16(18)11-19-13-9-8-12(17)10-14(13)20-16/h8-11,20H,2-7,18H2,1H3,(H,21,22). The predicted octanol–water partition coefficient (Wildman–Crippen LogP) is 3.56. The summed E-state index contributed by atoms with van der Waals surface area (Å²) < 4.78 is 0. The average molecular weight is 323 g/mol. The number of benzene rings is 1. The van der Waals surface area contributed by atoms with E-state index >= 15 is 0 Å². The number of anilines is 1. The normalized spacial score (nSPS) is 19.4. The Labute approximate surface area is 136 Å². The molecule has 0 spiro atoms. The van der Waals surface area contributed by atoms with Crippen LogP contribution in [0.2, 0.25) is 5.02 Å². The lowest BCUT2D eigenvalue weighted by molar-refractivity contribution is -0.122. The van der Waals surface area contributed by atoms with E-state index in [1.807, 2.05) is 0 Å². The Balaban J connectivity index is 1.86. The van der Waals surface area contributed by atoms with Gasteiger partial charge in [0.15, 0.2) is 0 Å². The first-order chi connectivity index (χ1) is 10.5. The fraction of sp³-hybridized carbons (Fsp3) is 0.500. The van der Waals surface area contributed by atoms with Crippen LogP contribution in [0.3, 0.4) is 0 Å². The van der Waals surface area contributed by atoms with Crippen molar-refractivity contribution in [2.45, 2.75) is 51.2 Å². The monoisotopic (exact) mass is 322 g/mol. The molecule has 4 N–H and O–H groups in total. The summed E-state index contributed by atoms with van der Waals surface area (Å²) in [6.07, 6.45) is 7.51. The van der Waals surface area contributed by atoms with E-state index in [4.69, 9.17) is 17.3 Å². The molecular formula is C16H23ClN4O. The molecule has 0 saturated heterocycles. The van der Waals surface area contributed by atoms with Crippen LogP contribution in [-0.4, -0.2) is 17.9 Å². The highest BCUT2D eigenvalue weighted by molar-refractivity contribution is 6.31. The van der Waals surface area contributed by atoms with E-state index in [-0.39, 0.29) is 5.91 Å². The summed E-state index contributed by atoms with van der Waals surface area (Å²) in [6.45, 7) is 2.17. The first-order valence-electron chi connectivity index (χ1n) is 7.75. The van der Waals surface area contributed by atoms with Gasteiger partial charge < -0.3 is 10.6 Å². The molecule has 1 atom stereocenters. The molecule has 0 bridgehead atoms. The van der Waals surface area contributed by atoms with E-state index in [1.165, 1.54) is 25.5 Å². The summed E-state index contributed by atoms with van der Waals surface area (Å²) in [5.41, 5.74) is 7.60. The van der Waals surface area contributed by atoms with Crippen molar-refractivity contribution in [2.24, 2.45) is 10.7 Å². The van der Waals surface area contributed by atoms with Crippen LogP contribution >= 0.6 is 11.6 Å². The molecule has 0 aliphatic carbocycles. The molecule has 0 aromatic heterocycles. The number of aliphatic imine (C=N–C) groups is 1. The van der Waals surface area contributed by atoms with Crippen LogP contribution in [0.1, 0.15) is 45.4 Å². The number of amides is 1. The van der Waals surface area contributed by atoms with Crippen LogP contribution < -0.4 is 16.4 Å². The van der Waals surface area contributed by atoms with Gasteiger partial charge in [0.2, 0.25) is 11.7 Å². The summed E-state index contributed by atoms with van der Waals surface area (Å²) in [5, 5.41) is 6.44. The third-order valence-corrected chi connectivity index (χ3v) is 3.80. The molecule has 6 heteroatoms. The second-order valence-electron chi connectivity index (χ2n) is 5.63. The molecule has 0 radical (unpaired) electrons. The molecule has 1 amide bonds. The zero-order valence-corrected chi connectivity index (χ0v) is 13.6. The number of fused-ring (bicyclic) bond motifs is 1. The SMILES string of the molecule is CCCCCCCC(=O)NC1(N)C=Nc2ccc(Cl)cc2N1. The van der Waals surface area contributed by atoms with Crippen molar-refractivity contribution in [1.29, 1.82) is 0 Å². The zero-order chi connectivity index (χ0) is 16.0. The van der Waals surface area contributed by atoms with Crippen molar-refractivity contribution < 1.29 is 4.79 Å². The molecule has 0 fully saturated rings. The van der Waals surface area contributed by atoms with Crippen LogP contribution in [0.15, 0.2) is 23.2 Å². The molecule has 0 saturated carbocycles. The Kier molecular flexibility index (Phi) is 5.80. The van der Waals surface area contributed by atoms with Gasteiger partial charge in [-0.2, -0.15) is 0 Å². The zero-order valence-electron chi connectivity index (χ0n) is 12.9. The number of unbranched alkanes of at least 4 members (excludes halogenated alkanes) is 4. The van der Waals surface area contributed by atoms with Crippen molar-refractivity contribution >= 4 is 35.1 Å². The van der Waals surface area contributed by atoms with Gasteiger partial charge in [0.25, 0.3) is 0 Å². The number of carbonyl (C=O) groups excluding carboxylic acids is 1. The second-order valence-corrected chi connectivity index (χ2v) is 6.06. The number of hydrogen-bond acceptors (Lipinski definition) is 4. The number of halogens is 1. The van der Waals surface area contributed by atoms with E-state index in [0.717, 1.165) is 18.5 Å². The third kappa shape index (κ3) is 4.71. The number of hydrogen-bond donors (Lipinski definition) is 3. The Morgan fingerprint density at radius 1 is 1.36 bits per heavy atom. The molecule has 22 heavy (non-hydrogen) atoms. The first-order valence-corrected chi connectivity index (χ1v) is 8.13. The summed E-state index contributed by atoms with van der Waals surface area (Å²) in [7, 11) is 0. The maximum absolute atomic E-state index is 12.0. The largest absolute Gasteiger partial charge is 0.344 e. The summed E-state index contributed by atoms with van der Waals surface area (Å²) in [5.74, 6) is -1.25. The van der Waals surface area contributed by atoms with E-state index in [2.05, 4.69) is 22.5 Å². The van der Waals surface area contributed by atoms with E-state index in [9.17, 15) is 4.79 Å². The first kappa shape index (κ1) is 16.8. The van der Waals surface area contributed by atoms with Crippen LogP contribution in [0.25, 0.3) is 0 Å². The minimum absolute atomic E-state index is 0.0802. The number of nitrogens with two attached hydrogens (primary N) is 1. The lowest BCUT2D eigenvalue weighted by Gasteiger charge is -2.32. The lowest BCUT2D eigenvalue weighted by Crippen LogP contribution is -2.63. The molecule has 2 rings (SSSR count). The minimum Gasteiger partial charge on any atom is -0.344 e.